The van der Waals surface area contributed by atoms with Crippen molar-refractivity contribution in [1.82, 2.24) is 15.0 Å². The summed E-state index contributed by atoms with van der Waals surface area (Å²) in [5.41, 5.74) is 3.00. The lowest BCUT2D eigenvalue weighted by Crippen LogP contribution is -2.18. The molecule has 8 heteroatoms. The normalized spacial score (nSPS) is 18.2. The SMILES string of the molecule is CCCCNc1ncc2c(NCc3ccc(F)cc3)ncc(C3CCC(O)CC3)c2n1.Cl. The number of fused-ring (bicyclic) bond motifs is 1. The predicted octanol–water partition coefficient (Wildman–Crippen LogP) is 5.43. The number of aromatic nitrogens is 3. The van der Waals surface area contributed by atoms with Crippen LogP contribution >= 0.6 is 12.4 Å². The zero-order chi connectivity index (χ0) is 21.6. The zero-order valence-electron chi connectivity index (χ0n) is 18.4. The van der Waals surface area contributed by atoms with Crippen molar-refractivity contribution in [2.45, 2.75) is 64.0 Å². The summed E-state index contributed by atoms with van der Waals surface area (Å²) >= 11 is 0. The number of anilines is 2. The molecule has 1 aliphatic carbocycles. The van der Waals surface area contributed by atoms with Gasteiger partial charge in [0.25, 0.3) is 0 Å². The number of nitrogens with zero attached hydrogens (tertiary/aromatic N) is 3. The van der Waals surface area contributed by atoms with E-state index in [1.165, 1.54) is 12.1 Å². The van der Waals surface area contributed by atoms with Crippen LogP contribution in [-0.4, -0.2) is 32.7 Å². The fourth-order valence-electron chi connectivity index (χ4n) is 4.12. The van der Waals surface area contributed by atoms with E-state index in [0.29, 0.717) is 18.4 Å². The van der Waals surface area contributed by atoms with Crippen molar-refractivity contribution in [2.75, 3.05) is 17.2 Å². The molecule has 3 aromatic rings. The van der Waals surface area contributed by atoms with E-state index in [0.717, 1.165) is 72.9 Å². The van der Waals surface area contributed by atoms with E-state index in [1.807, 2.05) is 12.4 Å². The van der Waals surface area contributed by atoms with E-state index in [2.05, 4.69) is 22.5 Å². The van der Waals surface area contributed by atoms with Crippen molar-refractivity contribution in [1.29, 1.82) is 0 Å². The minimum absolute atomic E-state index is 0. The molecule has 1 saturated carbocycles. The van der Waals surface area contributed by atoms with Crippen LogP contribution in [0, 0.1) is 5.82 Å². The monoisotopic (exact) mass is 459 g/mol. The number of halogens is 2. The Morgan fingerprint density at radius 1 is 1.03 bits per heavy atom. The number of pyridine rings is 1. The number of nitrogens with one attached hydrogen (secondary N) is 2. The molecule has 2 heterocycles. The summed E-state index contributed by atoms with van der Waals surface area (Å²) in [6.07, 6.45) is 9.21. The van der Waals surface area contributed by atoms with Crippen LogP contribution in [0.2, 0.25) is 0 Å². The van der Waals surface area contributed by atoms with E-state index in [-0.39, 0.29) is 24.3 Å². The van der Waals surface area contributed by atoms with Gasteiger partial charge in [0.1, 0.15) is 11.6 Å². The number of hydrogen-bond acceptors (Lipinski definition) is 6. The van der Waals surface area contributed by atoms with Crippen molar-refractivity contribution < 1.29 is 9.50 Å². The highest BCUT2D eigenvalue weighted by atomic mass is 35.5. The van der Waals surface area contributed by atoms with Gasteiger partial charge >= 0.3 is 0 Å². The van der Waals surface area contributed by atoms with Gasteiger partial charge in [-0.3, -0.25) is 0 Å². The van der Waals surface area contributed by atoms with Crippen molar-refractivity contribution in [3.05, 3.63) is 53.6 Å². The van der Waals surface area contributed by atoms with Crippen molar-refractivity contribution in [3.63, 3.8) is 0 Å². The molecular formula is C24H31ClFN5O. The molecule has 0 radical (unpaired) electrons. The Hall–Kier alpha value is -2.51. The summed E-state index contributed by atoms with van der Waals surface area (Å²) in [6, 6.07) is 6.44. The Bertz CT molecular complexity index is 1010. The summed E-state index contributed by atoms with van der Waals surface area (Å²) in [5, 5.41) is 17.5. The second-order valence-electron chi connectivity index (χ2n) is 8.28. The highest BCUT2D eigenvalue weighted by Crippen LogP contribution is 2.37. The second-order valence-corrected chi connectivity index (χ2v) is 8.28. The van der Waals surface area contributed by atoms with Gasteiger partial charge < -0.3 is 15.7 Å². The molecule has 1 aromatic carbocycles. The lowest BCUT2D eigenvalue weighted by atomic mass is 9.82. The number of aliphatic hydroxyl groups is 1. The van der Waals surface area contributed by atoms with Crippen LogP contribution in [-0.2, 0) is 6.54 Å². The van der Waals surface area contributed by atoms with Gasteiger partial charge in [0.05, 0.1) is 17.0 Å². The molecular weight excluding hydrogens is 429 g/mol. The zero-order valence-corrected chi connectivity index (χ0v) is 19.2. The number of unbranched alkanes of at least 4 members (excludes halogenated alkanes) is 1. The van der Waals surface area contributed by atoms with Crippen molar-refractivity contribution in [3.8, 4) is 0 Å². The standard InChI is InChI=1S/C24H30FN5O.ClH/c1-2-3-12-26-24-29-15-21-22(30-24)20(17-6-10-19(31)11-7-17)14-28-23(21)27-13-16-4-8-18(25)9-5-16;/h4-5,8-9,14-15,17,19,31H,2-3,6-7,10-13H2,1H3,(H,27,28)(H,26,29,30);1H. The molecule has 4 rings (SSSR count). The first-order valence-corrected chi connectivity index (χ1v) is 11.2. The Kier molecular flexibility index (Phi) is 8.59. The molecule has 172 valence electrons. The first-order valence-electron chi connectivity index (χ1n) is 11.2. The lowest BCUT2D eigenvalue weighted by molar-refractivity contribution is 0.122. The fourth-order valence-corrected chi connectivity index (χ4v) is 4.12. The smallest absolute Gasteiger partial charge is 0.223 e. The van der Waals surface area contributed by atoms with Gasteiger partial charge in [-0.1, -0.05) is 25.5 Å². The second kappa shape index (κ2) is 11.4. The fraction of sp³-hybridized carbons (Fsp3) is 0.458. The molecule has 2 aromatic heterocycles. The van der Waals surface area contributed by atoms with E-state index < -0.39 is 0 Å². The Labute approximate surface area is 194 Å². The Balaban J connectivity index is 0.00000289. The number of hydrogen-bond donors (Lipinski definition) is 3. The summed E-state index contributed by atoms with van der Waals surface area (Å²) in [5.74, 6) is 1.45. The molecule has 0 amide bonds. The van der Waals surface area contributed by atoms with Gasteiger partial charge in [-0.15, -0.1) is 12.4 Å². The molecule has 3 N–H and O–H groups in total. The Morgan fingerprint density at radius 2 is 1.78 bits per heavy atom. The maximum Gasteiger partial charge on any atom is 0.223 e. The molecule has 0 spiro atoms. The van der Waals surface area contributed by atoms with Gasteiger partial charge in [0, 0.05) is 31.0 Å². The predicted molar refractivity (Wildman–Crippen MR) is 129 cm³/mol. The third kappa shape index (κ3) is 5.84. The summed E-state index contributed by atoms with van der Waals surface area (Å²) in [7, 11) is 0. The van der Waals surface area contributed by atoms with Crippen LogP contribution in [0.15, 0.2) is 36.7 Å². The molecule has 0 unspecified atom stereocenters. The highest BCUT2D eigenvalue weighted by Gasteiger charge is 2.24. The molecule has 0 bridgehead atoms. The van der Waals surface area contributed by atoms with E-state index >= 15 is 0 Å². The van der Waals surface area contributed by atoms with Crippen molar-refractivity contribution in [2.24, 2.45) is 0 Å². The third-order valence-corrected chi connectivity index (χ3v) is 5.97. The lowest BCUT2D eigenvalue weighted by Gasteiger charge is -2.26. The van der Waals surface area contributed by atoms with Gasteiger partial charge in [0.15, 0.2) is 0 Å². The molecule has 1 fully saturated rings. The molecule has 0 atom stereocenters. The average Bonchev–Trinajstić information content (AvgIpc) is 2.79. The largest absolute Gasteiger partial charge is 0.393 e. The molecule has 6 nitrogen and oxygen atoms in total. The quantitative estimate of drug-likeness (QED) is 0.390. The summed E-state index contributed by atoms with van der Waals surface area (Å²) < 4.78 is 13.2. The summed E-state index contributed by atoms with van der Waals surface area (Å²) in [6.45, 7) is 3.53. The van der Waals surface area contributed by atoms with Crippen LogP contribution in [0.4, 0.5) is 16.2 Å². The first kappa shape index (κ1) is 24.1. The Morgan fingerprint density at radius 3 is 2.50 bits per heavy atom. The summed E-state index contributed by atoms with van der Waals surface area (Å²) in [4.78, 5) is 14.1. The maximum absolute atomic E-state index is 13.2. The van der Waals surface area contributed by atoms with Crippen LogP contribution < -0.4 is 10.6 Å². The third-order valence-electron chi connectivity index (χ3n) is 5.97. The molecule has 32 heavy (non-hydrogen) atoms. The number of aliphatic hydroxyl groups excluding tert-OH is 1. The molecule has 1 aliphatic rings. The molecule has 0 saturated heterocycles. The van der Waals surface area contributed by atoms with Crippen LogP contribution in [0.25, 0.3) is 10.9 Å². The molecule has 0 aliphatic heterocycles. The minimum Gasteiger partial charge on any atom is -0.393 e. The maximum atomic E-state index is 13.2. The van der Waals surface area contributed by atoms with Crippen LogP contribution in [0.3, 0.4) is 0 Å². The van der Waals surface area contributed by atoms with E-state index in [9.17, 15) is 9.50 Å². The van der Waals surface area contributed by atoms with Crippen molar-refractivity contribution >= 4 is 35.1 Å². The number of benzene rings is 1. The number of rotatable bonds is 8. The van der Waals surface area contributed by atoms with Gasteiger partial charge in [-0.2, -0.15) is 0 Å². The average molecular weight is 460 g/mol. The topological polar surface area (TPSA) is 83.0 Å². The van der Waals surface area contributed by atoms with E-state index in [1.54, 1.807) is 12.1 Å². The highest BCUT2D eigenvalue weighted by molar-refractivity contribution is 5.91. The van der Waals surface area contributed by atoms with Gasteiger partial charge in [-0.25, -0.2) is 19.3 Å². The van der Waals surface area contributed by atoms with Gasteiger partial charge in [-0.05, 0) is 55.7 Å². The van der Waals surface area contributed by atoms with E-state index in [4.69, 9.17) is 9.97 Å². The first-order chi connectivity index (χ1) is 15.1. The van der Waals surface area contributed by atoms with Gasteiger partial charge in [0.2, 0.25) is 5.95 Å². The van der Waals surface area contributed by atoms with Crippen LogP contribution in [0.5, 0.6) is 0 Å². The minimum atomic E-state index is -0.245. The van der Waals surface area contributed by atoms with Crippen LogP contribution in [0.1, 0.15) is 62.5 Å².